The highest BCUT2D eigenvalue weighted by atomic mass is 16.5. The average molecular weight is 170 g/mol. The summed E-state index contributed by atoms with van der Waals surface area (Å²) >= 11 is 0. The van der Waals surface area contributed by atoms with Crippen LogP contribution in [-0.4, -0.2) is 23.9 Å². The number of aliphatic hydroxyl groups excluding tert-OH is 1. The van der Waals surface area contributed by atoms with Gasteiger partial charge in [-0.05, 0) is 25.7 Å². The first kappa shape index (κ1) is 9.75. The van der Waals surface area contributed by atoms with Crippen molar-refractivity contribution in [2.24, 2.45) is 5.92 Å². The number of aliphatic hydroxyl groups is 1. The standard InChI is InChI=1S/C10H18O2/c1-7(2)6-9(11)10-8(3)4-5-12-10/h8-11H,1,4-6H2,2-3H3. The van der Waals surface area contributed by atoms with Crippen LogP contribution in [0.1, 0.15) is 26.7 Å². The van der Waals surface area contributed by atoms with Crippen molar-refractivity contribution in [3.05, 3.63) is 12.2 Å². The molecule has 1 heterocycles. The summed E-state index contributed by atoms with van der Waals surface area (Å²) in [7, 11) is 0. The summed E-state index contributed by atoms with van der Waals surface area (Å²) in [5.74, 6) is 0.486. The van der Waals surface area contributed by atoms with Crippen molar-refractivity contribution < 1.29 is 9.84 Å². The van der Waals surface area contributed by atoms with E-state index in [1.165, 1.54) is 0 Å². The Morgan fingerprint density at radius 2 is 2.42 bits per heavy atom. The average Bonchev–Trinajstić information content (AvgIpc) is 2.33. The first-order valence-electron chi connectivity index (χ1n) is 4.55. The molecular formula is C10H18O2. The van der Waals surface area contributed by atoms with Crippen LogP contribution in [0.3, 0.4) is 0 Å². The van der Waals surface area contributed by atoms with Gasteiger partial charge in [0.25, 0.3) is 0 Å². The normalized spacial score (nSPS) is 31.9. The van der Waals surface area contributed by atoms with Crippen LogP contribution < -0.4 is 0 Å². The van der Waals surface area contributed by atoms with E-state index < -0.39 is 0 Å². The van der Waals surface area contributed by atoms with Crippen molar-refractivity contribution in [1.82, 2.24) is 0 Å². The van der Waals surface area contributed by atoms with Gasteiger partial charge in [0.05, 0.1) is 12.2 Å². The molecule has 1 aliphatic heterocycles. The molecule has 1 aliphatic rings. The SMILES string of the molecule is C=C(C)CC(O)C1OCCC1C. The molecule has 2 heteroatoms. The third-order valence-electron chi connectivity index (χ3n) is 2.38. The maximum absolute atomic E-state index is 9.70. The summed E-state index contributed by atoms with van der Waals surface area (Å²) in [4.78, 5) is 0. The quantitative estimate of drug-likeness (QED) is 0.654. The van der Waals surface area contributed by atoms with Crippen molar-refractivity contribution in [1.29, 1.82) is 0 Å². The second kappa shape index (κ2) is 4.06. The Bertz CT molecular complexity index is 165. The van der Waals surface area contributed by atoms with E-state index in [1.807, 2.05) is 6.92 Å². The molecule has 1 rings (SSSR count). The second-order valence-electron chi connectivity index (χ2n) is 3.83. The van der Waals surface area contributed by atoms with Gasteiger partial charge in [0, 0.05) is 6.61 Å². The first-order valence-corrected chi connectivity index (χ1v) is 4.55. The molecule has 1 saturated heterocycles. The molecule has 0 amide bonds. The lowest BCUT2D eigenvalue weighted by Crippen LogP contribution is -2.29. The Morgan fingerprint density at radius 1 is 1.75 bits per heavy atom. The van der Waals surface area contributed by atoms with E-state index in [2.05, 4.69) is 13.5 Å². The summed E-state index contributed by atoms with van der Waals surface area (Å²) in [6.07, 6.45) is 1.40. The zero-order chi connectivity index (χ0) is 9.14. The van der Waals surface area contributed by atoms with Crippen LogP contribution >= 0.6 is 0 Å². The molecule has 3 unspecified atom stereocenters. The maximum atomic E-state index is 9.70. The van der Waals surface area contributed by atoms with E-state index in [0.717, 1.165) is 18.6 Å². The second-order valence-corrected chi connectivity index (χ2v) is 3.83. The molecule has 1 N–H and O–H groups in total. The Balaban J connectivity index is 2.40. The van der Waals surface area contributed by atoms with Gasteiger partial charge in [-0.25, -0.2) is 0 Å². The number of rotatable bonds is 3. The van der Waals surface area contributed by atoms with E-state index >= 15 is 0 Å². The fraction of sp³-hybridized carbons (Fsp3) is 0.800. The van der Waals surface area contributed by atoms with Gasteiger partial charge >= 0.3 is 0 Å². The molecule has 12 heavy (non-hydrogen) atoms. The fourth-order valence-electron chi connectivity index (χ4n) is 1.68. The van der Waals surface area contributed by atoms with Crippen LogP contribution in [0, 0.1) is 5.92 Å². The van der Waals surface area contributed by atoms with Crippen LogP contribution in [-0.2, 0) is 4.74 Å². The van der Waals surface area contributed by atoms with E-state index in [9.17, 15) is 5.11 Å². The molecule has 0 bridgehead atoms. The van der Waals surface area contributed by atoms with E-state index in [-0.39, 0.29) is 12.2 Å². The summed E-state index contributed by atoms with van der Waals surface area (Å²) in [6.45, 7) is 8.62. The van der Waals surface area contributed by atoms with Crippen LogP contribution in [0.2, 0.25) is 0 Å². The predicted octanol–water partition coefficient (Wildman–Crippen LogP) is 1.74. The Hall–Kier alpha value is -0.340. The predicted molar refractivity (Wildman–Crippen MR) is 49.0 cm³/mol. The van der Waals surface area contributed by atoms with Gasteiger partial charge < -0.3 is 9.84 Å². The van der Waals surface area contributed by atoms with Crippen LogP contribution in [0.25, 0.3) is 0 Å². The van der Waals surface area contributed by atoms with Gasteiger partial charge in [0.1, 0.15) is 0 Å². The lowest BCUT2D eigenvalue weighted by Gasteiger charge is -2.21. The van der Waals surface area contributed by atoms with Crippen molar-refractivity contribution in [2.75, 3.05) is 6.61 Å². The summed E-state index contributed by atoms with van der Waals surface area (Å²) < 4.78 is 5.44. The molecule has 0 radical (unpaired) electrons. The van der Waals surface area contributed by atoms with Crippen molar-refractivity contribution in [3.8, 4) is 0 Å². The molecule has 0 aromatic carbocycles. The lowest BCUT2D eigenvalue weighted by atomic mass is 9.96. The van der Waals surface area contributed by atoms with E-state index in [4.69, 9.17) is 4.74 Å². The molecule has 0 aromatic rings. The molecule has 1 fully saturated rings. The highest BCUT2D eigenvalue weighted by molar-refractivity contribution is 4.94. The summed E-state index contributed by atoms with van der Waals surface area (Å²) in [6, 6.07) is 0. The Kier molecular flexibility index (Phi) is 3.29. The highest BCUT2D eigenvalue weighted by Crippen LogP contribution is 2.25. The number of hydrogen-bond donors (Lipinski definition) is 1. The molecule has 0 saturated carbocycles. The Labute approximate surface area is 74.2 Å². The zero-order valence-electron chi connectivity index (χ0n) is 7.92. The van der Waals surface area contributed by atoms with Crippen molar-refractivity contribution >= 4 is 0 Å². The third kappa shape index (κ3) is 2.32. The molecule has 0 aliphatic carbocycles. The van der Waals surface area contributed by atoms with Gasteiger partial charge in [0.2, 0.25) is 0 Å². The Morgan fingerprint density at radius 3 is 2.83 bits per heavy atom. The van der Waals surface area contributed by atoms with Gasteiger partial charge in [-0.1, -0.05) is 12.5 Å². The zero-order valence-corrected chi connectivity index (χ0v) is 7.92. The van der Waals surface area contributed by atoms with E-state index in [1.54, 1.807) is 0 Å². The molecular weight excluding hydrogens is 152 g/mol. The monoisotopic (exact) mass is 170 g/mol. The largest absolute Gasteiger partial charge is 0.390 e. The minimum Gasteiger partial charge on any atom is -0.390 e. The molecule has 2 nitrogen and oxygen atoms in total. The van der Waals surface area contributed by atoms with Crippen molar-refractivity contribution in [3.63, 3.8) is 0 Å². The van der Waals surface area contributed by atoms with Crippen molar-refractivity contribution in [2.45, 2.75) is 38.9 Å². The third-order valence-corrected chi connectivity index (χ3v) is 2.38. The summed E-state index contributed by atoms with van der Waals surface area (Å²) in [5.41, 5.74) is 1.02. The smallest absolute Gasteiger partial charge is 0.0863 e. The first-order chi connectivity index (χ1) is 5.61. The minimum absolute atomic E-state index is 0.0294. The van der Waals surface area contributed by atoms with Crippen LogP contribution in [0.15, 0.2) is 12.2 Å². The lowest BCUT2D eigenvalue weighted by molar-refractivity contribution is -0.0156. The van der Waals surface area contributed by atoms with Crippen LogP contribution in [0.4, 0.5) is 0 Å². The van der Waals surface area contributed by atoms with Gasteiger partial charge in [-0.2, -0.15) is 0 Å². The highest BCUT2D eigenvalue weighted by Gasteiger charge is 2.30. The number of ether oxygens (including phenoxy) is 1. The minimum atomic E-state index is -0.361. The number of hydrogen-bond acceptors (Lipinski definition) is 2. The molecule has 70 valence electrons. The molecule has 3 atom stereocenters. The van der Waals surface area contributed by atoms with Crippen LogP contribution in [0.5, 0.6) is 0 Å². The molecule has 0 aromatic heterocycles. The fourth-order valence-corrected chi connectivity index (χ4v) is 1.68. The maximum Gasteiger partial charge on any atom is 0.0863 e. The summed E-state index contributed by atoms with van der Waals surface area (Å²) in [5, 5.41) is 9.70. The van der Waals surface area contributed by atoms with Gasteiger partial charge in [-0.15, -0.1) is 6.58 Å². The van der Waals surface area contributed by atoms with E-state index in [0.29, 0.717) is 12.3 Å². The van der Waals surface area contributed by atoms with Gasteiger partial charge in [0.15, 0.2) is 0 Å². The van der Waals surface area contributed by atoms with Gasteiger partial charge in [-0.3, -0.25) is 0 Å². The molecule has 0 spiro atoms. The topological polar surface area (TPSA) is 29.5 Å².